The highest BCUT2D eigenvalue weighted by Crippen LogP contribution is 2.32. The molecule has 6 nitrogen and oxygen atoms in total. The number of halogens is 3. The third kappa shape index (κ3) is 6.05. The van der Waals surface area contributed by atoms with Crippen LogP contribution in [0.4, 0.5) is 13.2 Å². The molecule has 0 amide bonds. The summed E-state index contributed by atoms with van der Waals surface area (Å²) in [5.74, 6) is -0.912. The van der Waals surface area contributed by atoms with Crippen molar-refractivity contribution in [3.8, 4) is 0 Å². The van der Waals surface area contributed by atoms with Gasteiger partial charge in [-0.05, 0) is 62.5 Å². The topological polar surface area (TPSA) is 46.4 Å². The molecular formula is C28H34F3N5O. The first-order valence-corrected chi connectivity index (χ1v) is 13.0. The van der Waals surface area contributed by atoms with Gasteiger partial charge in [0.25, 0.3) is 0 Å². The number of fused-ring (bicyclic) bond motifs is 1. The number of imidazole rings is 1. The minimum absolute atomic E-state index is 0.0588. The maximum atomic E-state index is 13.8. The van der Waals surface area contributed by atoms with Crippen LogP contribution in [-0.2, 0) is 17.5 Å². The molecule has 1 aromatic carbocycles. The third-order valence-corrected chi connectivity index (χ3v) is 7.39. The van der Waals surface area contributed by atoms with E-state index in [1.807, 2.05) is 24.3 Å². The first-order chi connectivity index (χ1) is 17.8. The lowest BCUT2D eigenvalue weighted by molar-refractivity contribution is -0.146. The first-order valence-electron chi connectivity index (χ1n) is 13.0. The number of alkyl halides is 3. The Morgan fingerprint density at radius 2 is 1.70 bits per heavy atom. The van der Waals surface area contributed by atoms with Crippen LogP contribution in [-0.4, -0.2) is 76.3 Å². The largest absolute Gasteiger partial charge is 0.449 e. The molecule has 2 aromatic heterocycles. The molecule has 3 aromatic rings. The van der Waals surface area contributed by atoms with E-state index in [2.05, 4.69) is 31.9 Å². The second kappa shape index (κ2) is 10.9. The van der Waals surface area contributed by atoms with E-state index >= 15 is 0 Å². The van der Waals surface area contributed by atoms with Crippen molar-refractivity contribution in [2.24, 2.45) is 0 Å². The van der Waals surface area contributed by atoms with E-state index in [0.717, 1.165) is 57.1 Å². The Labute approximate surface area is 215 Å². The molecular weight excluding hydrogens is 479 g/mol. The number of nitrogens with zero attached hydrogens (tertiary/aromatic N) is 5. The van der Waals surface area contributed by atoms with Gasteiger partial charge in [0.2, 0.25) is 5.82 Å². The van der Waals surface area contributed by atoms with Crippen molar-refractivity contribution in [3.05, 3.63) is 64.6 Å². The fourth-order valence-corrected chi connectivity index (χ4v) is 5.43. The minimum atomic E-state index is -4.56. The van der Waals surface area contributed by atoms with E-state index in [1.165, 1.54) is 17.4 Å². The highest BCUT2D eigenvalue weighted by atomic mass is 19.4. The molecule has 2 aliphatic heterocycles. The quantitative estimate of drug-likeness (QED) is 0.468. The molecule has 0 radical (unpaired) electrons. The van der Waals surface area contributed by atoms with E-state index in [-0.39, 0.29) is 12.2 Å². The molecule has 2 saturated heterocycles. The number of rotatable bonds is 6. The van der Waals surface area contributed by atoms with Gasteiger partial charge in [-0.1, -0.05) is 36.4 Å². The Morgan fingerprint density at radius 3 is 2.38 bits per heavy atom. The number of morpholine rings is 1. The van der Waals surface area contributed by atoms with Gasteiger partial charge in [0.05, 0.1) is 19.8 Å². The second-order valence-corrected chi connectivity index (χ2v) is 10.1. The molecule has 5 rings (SSSR count). The highest BCUT2D eigenvalue weighted by Gasteiger charge is 2.38. The Kier molecular flexibility index (Phi) is 7.65. The predicted octanol–water partition coefficient (Wildman–Crippen LogP) is 4.93. The van der Waals surface area contributed by atoms with Gasteiger partial charge in [0.15, 0.2) is 5.65 Å². The molecule has 2 fully saturated rings. The summed E-state index contributed by atoms with van der Waals surface area (Å²) in [5, 5.41) is 0. The van der Waals surface area contributed by atoms with Gasteiger partial charge in [0.1, 0.15) is 5.52 Å². The summed E-state index contributed by atoms with van der Waals surface area (Å²) in [6, 6.07) is 10.1. The van der Waals surface area contributed by atoms with Gasteiger partial charge in [-0.15, -0.1) is 0 Å². The van der Waals surface area contributed by atoms with Crippen molar-refractivity contribution in [1.29, 1.82) is 0 Å². The molecule has 0 spiro atoms. The van der Waals surface area contributed by atoms with Crippen molar-refractivity contribution < 1.29 is 17.9 Å². The maximum absolute atomic E-state index is 13.8. The molecule has 0 unspecified atom stereocenters. The standard InChI is InChI=1S/C28H34F3N5O/c1-20-18-21(2)32-26-25(20)33-27(28(29,30)31)36(26)19-23-7-5-22(6-8-23)4-3-11-34-12-9-24(10-13-34)35-14-16-37-17-15-35/h3-8,18,24H,9-17,19H2,1-2H3. The predicted molar refractivity (Wildman–Crippen MR) is 138 cm³/mol. The average molecular weight is 514 g/mol. The van der Waals surface area contributed by atoms with E-state index in [4.69, 9.17) is 4.74 Å². The average Bonchev–Trinajstić information content (AvgIpc) is 3.25. The van der Waals surface area contributed by atoms with Gasteiger partial charge in [-0.25, -0.2) is 9.97 Å². The van der Waals surface area contributed by atoms with Crippen molar-refractivity contribution in [1.82, 2.24) is 24.3 Å². The van der Waals surface area contributed by atoms with Crippen molar-refractivity contribution >= 4 is 17.2 Å². The van der Waals surface area contributed by atoms with Gasteiger partial charge >= 0.3 is 6.18 Å². The van der Waals surface area contributed by atoms with E-state index in [0.29, 0.717) is 22.8 Å². The smallest absolute Gasteiger partial charge is 0.379 e. The molecule has 2 aliphatic rings. The first kappa shape index (κ1) is 25.9. The number of pyridine rings is 1. The van der Waals surface area contributed by atoms with Crippen LogP contribution in [0.25, 0.3) is 17.2 Å². The fraction of sp³-hybridized carbons (Fsp3) is 0.500. The zero-order valence-corrected chi connectivity index (χ0v) is 21.5. The summed E-state index contributed by atoms with van der Waals surface area (Å²) < 4.78 is 47.9. The molecule has 0 saturated carbocycles. The molecule has 0 atom stereocenters. The zero-order chi connectivity index (χ0) is 26.0. The molecule has 9 heteroatoms. The summed E-state index contributed by atoms with van der Waals surface area (Å²) in [4.78, 5) is 13.3. The zero-order valence-electron chi connectivity index (χ0n) is 21.5. The number of ether oxygens (including phenoxy) is 1. The Bertz CT molecular complexity index is 1240. The summed E-state index contributed by atoms with van der Waals surface area (Å²) in [5.41, 5.74) is 3.73. The molecule has 0 aliphatic carbocycles. The number of aromatic nitrogens is 3. The number of aryl methyl sites for hydroxylation is 2. The lowest BCUT2D eigenvalue weighted by Gasteiger charge is -2.39. The van der Waals surface area contributed by atoms with Crippen LogP contribution in [0.1, 0.15) is 41.1 Å². The lowest BCUT2D eigenvalue weighted by Crippen LogP contribution is -2.48. The van der Waals surface area contributed by atoms with Crippen molar-refractivity contribution in [2.75, 3.05) is 45.9 Å². The number of hydrogen-bond acceptors (Lipinski definition) is 5. The molecule has 37 heavy (non-hydrogen) atoms. The van der Waals surface area contributed by atoms with Crippen LogP contribution >= 0.6 is 0 Å². The van der Waals surface area contributed by atoms with Crippen LogP contribution in [0.5, 0.6) is 0 Å². The van der Waals surface area contributed by atoms with Crippen molar-refractivity contribution in [2.45, 2.75) is 45.5 Å². The number of hydrogen-bond donors (Lipinski definition) is 0. The van der Waals surface area contributed by atoms with E-state index < -0.39 is 12.0 Å². The van der Waals surface area contributed by atoms with Gasteiger partial charge in [-0.2, -0.15) is 13.2 Å². The van der Waals surface area contributed by atoms with Crippen LogP contribution in [0.15, 0.2) is 36.4 Å². The van der Waals surface area contributed by atoms with E-state index in [9.17, 15) is 13.2 Å². The summed E-state index contributed by atoms with van der Waals surface area (Å²) >= 11 is 0. The number of likely N-dealkylation sites (tertiary alicyclic amines) is 1. The Hall–Kier alpha value is -2.75. The van der Waals surface area contributed by atoms with E-state index in [1.54, 1.807) is 19.9 Å². The lowest BCUT2D eigenvalue weighted by atomic mass is 10.0. The second-order valence-electron chi connectivity index (χ2n) is 10.1. The summed E-state index contributed by atoms with van der Waals surface area (Å²) in [6.07, 6.45) is 2.09. The highest BCUT2D eigenvalue weighted by molar-refractivity contribution is 5.76. The number of piperidine rings is 1. The van der Waals surface area contributed by atoms with Crippen LogP contribution in [0, 0.1) is 13.8 Å². The normalized spacial score (nSPS) is 18.8. The summed E-state index contributed by atoms with van der Waals surface area (Å²) in [6.45, 7) is 10.5. The number of benzene rings is 1. The molecule has 4 heterocycles. The molecule has 0 N–H and O–H groups in total. The van der Waals surface area contributed by atoms with Crippen LogP contribution in [0.3, 0.4) is 0 Å². The van der Waals surface area contributed by atoms with Crippen LogP contribution < -0.4 is 0 Å². The Balaban J connectivity index is 1.21. The Morgan fingerprint density at radius 1 is 1.00 bits per heavy atom. The van der Waals surface area contributed by atoms with Crippen molar-refractivity contribution in [3.63, 3.8) is 0 Å². The van der Waals surface area contributed by atoms with Gasteiger partial charge < -0.3 is 9.30 Å². The molecule has 198 valence electrons. The summed E-state index contributed by atoms with van der Waals surface area (Å²) in [7, 11) is 0. The van der Waals surface area contributed by atoms with Gasteiger partial charge in [-0.3, -0.25) is 9.80 Å². The minimum Gasteiger partial charge on any atom is -0.379 e. The van der Waals surface area contributed by atoms with Crippen LogP contribution in [0.2, 0.25) is 0 Å². The van der Waals surface area contributed by atoms with Gasteiger partial charge in [0, 0.05) is 31.4 Å². The monoisotopic (exact) mass is 513 g/mol. The third-order valence-electron chi connectivity index (χ3n) is 7.39. The maximum Gasteiger partial charge on any atom is 0.449 e. The molecule has 0 bridgehead atoms. The SMILES string of the molecule is Cc1cc(C)c2nc(C(F)(F)F)n(Cc3ccc(C=CCN4CCC(N5CCOCC5)CC4)cc3)c2n1. The fourth-order valence-electron chi connectivity index (χ4n) is 5.43.